The first kappa shape index (κ1) is 19.7. The number of methoxy groups -OCH3 is 1. The van der Waals surface area contributed by atoms with E-state index in [4.69, 9.17) is 9.15 Å². The van der Waals surface area contributed by atoms with Gasteiger partial charge in [-0.1, -0.05) is 37.0 Å². The maximum atomic E-state index is 13.6. The van der Waals surface area contributed by atoms with Gasteiger partial charge in [-0.05, 0) is 36.5 Å². The van der Waals surface area contributed by atoms with Gasteiger partial charge < -0.3 is 19.0 Å². The fourth-order valence-corrected chi connectivity index (χ4v) is 4.55. The highest BCUT2D eigenvalue weighted by Gasteiger charge is 2.36. The summed E-state index contributed by atoms with van der Waals surface area (Å²) in [5.41, 5.74) is 1.11. The first-order valence-corrected chi connectivity index (χ1v) is 10.7. The minimum Gasteiger partial charge on any atom is -0.497 e. The highest BCUT2D eigenvalue weighted by molar-refractivity contribution is 5.84. The zero-order valence-electron chi connectivity index (χ0n) is 17.3. The molecule has 0 bridgehead atoms. The lowest BCUT2D eigenvalue weighted by atomic mass is 9.83. The summed E-state index contributed by atoms with van der Waals surface area (Å²) >= 11 is 0. The quantitative estimate of drug-likeness (QED) is 0.744. The molecule has 2 fully saturated rings. The Morgan fingerprint density at radius 3 is 2.41 bits per heavy atom. The lowest BCUT2D eigenvalue weighted by Crippen LogP contribution is -2.50. The third-order valence-electron chi connectivity index (χ3n) is 6.23. The molecule has 1 saturated heterocycles. The highest BCUT2D eigenvalue weighted by Crippen LogP contribution is 2.39. The summed E-state index contributed by atoms with van der Waals surface area (Å²) in [6.07, 6.45) is 5.43. The molecule has 7 nitrogen and oxygen atoms in total. The molecule has 0 radical (unpaired) electrons. The molecule has 1 aromatic carbocycles. The molecule has 29 heavy (non-hydrogen) atoms. The summed E-state index contributed by atoms with van der Waals surface area (Å²) in [4.78, 5) is 17.7. The number of carbonyl (C=O) groups is 1. The number of carbonyl (C=O) groups excluding carboxylic acids is 1. The number of hydrogen-bond acceptors (Lipinski definition) is 6. The summed E-state index contributed by atoms with van der Waals surface area (Å²) < 4.78 is 11.0. The molecule has 2 aromatic rings. The number of hydrogen-bond donors (Lipinski definition) is 0. The molecule has 1 aromatic heterocycles. The van der Waals surface area contributed by atoms with Gasteiger partial charge in [-0.25, -0.2) is 0 Å². The van der Waals surface area contributed by atoms with E-state index < -0.39 is 0 Å². The molecule has 1 saturated carbocycles. The van der Waals surface area contributed by atoms with Crippen LogP contribution in [0.25, 0.3) is 0 Å². The van der Waals surface area contributed by atoms with E-state index in [-0.39, 0.29) is 11.8 Å². The molecular weight excluding hydrogens is 368 g/mol. The van der Waals surface area contributed by atoms with E-state index in [2.05, 4.69) is 27.2 Å². The molecule has 2 aliphatic rings. The molecule has 2 heterocycles. The molecule has 4 rings (SSSR count). The van der Waals surface area contributed by atoms with Crippen LogP contribution >= 0.6 is 0 Å². The average Bonchev–Trinajstić information content (AvgIpc) is 3.47. The molecule has 156 valence electrons. The van der Waals surface area contributed by atoms with Crippen molar-refractivity contribution in [2.75, 3.05) is 38.2 Å². The maximum absolute atomic E-state index is 13.6. The topological polar surface area (TPSA) is 71.7 Å². The SMILES string of the molecule is CCc1nnc(N2CCN(C(=O)C(c3ccc(OC)cc3)C3CCCC3)CC2)o1. The van der Waals surface area contributed by atoms with Crippen LogP contribution in [0.2, 0.25) is 0 Å². The van der Waals surface area contributed by atoms with Crippen LogP contribution in [0.3, 0.4) is 0 Å². The molecule has 1 amide bonds. The van der Waals surface area contributed by atoms with E-state index in [0.29, 0.717) is 30.9 Å². The minimum atomic E-state index is -0.0648. The van der Waals surface area contributed by atoms with Crippen molar-refractivity contribution < 1.29 is 13.9 Å². The van der Waals surface area contributed by atoms with E-state index in [1.807, 2.05) is 24.0 Å². The predicted octanol–water partition coefficient (Wildman–Crippen LogP) is 3.26. The van der Waals surface area contributed by atoms with Gasteiger partial charge in [0.2, 0.25) is 11.8 Å². The van der Waals surface area contributed by atoms with Crippen LogP contribution in [-0.2, 0) is 11.2 Å². The molecule has 1 unspecified atom stereocenters. The molecule has 1 atom stereocenters. The predicted molar refractivity (Wildman–Crippen MR) is 110 cm³/mol. The first-order valence-electron chi connectivity index (χ1n) is 10.7. The Kier molecular flexibility index (Phi) is 6.02. The van der Waals surface area contributed by atoms with E-state index in [1.54, 1.807) is 7.11 Å². The Hall–Kier alpha value is -2.57. The molecule has 1 aliphatic heterocycles. The zero-order valence-corrected chi connectivity index (χ0v) is 17.3. The van der Waals surface area contributed by atoms with Gasteiger partial charge in [0, 0.05) is 32.6 Å². The van der Waals surface area contributed by atoms with Crippen LogP contribution in [0.5, 0.6) is 5.75 Å². The number of piperazine rings is 1. The summed E-state index contributed by atoms with van der Waals surface area (Å²) in [6.45, 7) is 4.80. The van der Waals surface area contributed by atoms with Gasteiger partial charge in [0.05, 0.1) is 13.0 Å². The van der Waals surface area contributed by atoms with Gasteiger partial charge in [0.15, 0.2) is 0 Å². The van der Waals surface area contributed by atoms with Crippen LogP contribution in [0.4, 0.5) is 6.01 Å². The van der Waals surface area contributed by atoms with Crippen molar-refractivity contribution >= 4 is 11.9 Å². The molecule has 7 heteroatoms. The number of aryl methyl sites for hydroxylation is 1. The summed E-state index contributed by atoms with van der Waals surface area (Å²) in [7, 11) is 1.67. The van der Waals surface area contributed by atoms with Crippen molar-refractivity contribution in [2.24, 2.45) is 5.92 Å². The highest BCUT2D eigenvalue weighted by atomic mass is 16.5. The lowest BCUT2D eigenvalue weighted by Gasteiger charge is -2.37. The molecule has 1 aliphatic carbocycles. The lowest BCUT2D eigenvalue weighted by molar-refractivity contribution is -0.134. The number of aromatic nitrogens is 2. The van der Waals surface area contributed by atoms with Gasteiger partial charge >= 0.3 is 6.01 Å². The molecular formula is C22H30N4O3. The number of anilines is 1. The largest absolute Gasteiger partial charge is 0.497 e. The van der Waals surface area contributed by atoms with E-state index >= 15 is 0 Å². The van der Waals surface area contributed by atoms with Crippen molar-refractivity contribution in [3.8, 4) is 5.75 Å². The first-order chi connectivity index (χ1) is 14.2. The maximum Gasteiger partial charge on any atom is 0.318 e. The van der Waals surface area contributed by atoms with Crippen molar-refractivity contribution in [1.29, 1.82) is 0 Å². The van der Waals surface area contributed by atoms with Crippen LogP contribution in [-0.4, -0.2) is 54.3 Å². The normalized spacial score (nSPS) is 18.8. The van der Waals surface area contributed by atoms with Crippen LogP contribution in [0.1, 0.15) is 50.0 Å². The Balaban J connectivity index is 1.46. The minimum absolute atomic E-state index is 0.0648. The monoisotopic (exact) mass is 398 g/mol. The number of amides is 1. The zero-order chi connectivity index (χ0) is 20.2. The third-order valence-corrected chi connectivity index (χ3v) is 6.23. The summed E-state index contributed by atoms with van der Waals surface area (Å²) in [5.74, 6) is 2.09. The second-order valence-electron chi connectivity index (χ2n) is 7.94. The van der Waals surface area contributed by atoms with Crippen molar-refractivity contribution in [2.45, 2.75) is 44.9 Å². The second-order valence-corrected chi connectivity index (χ2v) is 7.94. The van der Waals surface area contributed by atoms with Gasteiger partial charge in [-0.2, -0.15) is 0 Å². The Morgan fingerprint density at radius 1 is 1.14 bits per heavy atom. The smallest absolute Gasteiger partial charge is 0.318 e. The molecule has 0 spiro atoms. The average molecular weight is 399 g/mol. The standard InChI is InChI=1S/C22H30N4O3/c1-3-19-23-24-22(29-19)26-14-12-25(13-15-26)21(27)20(16-6-4-5-7-16)17-8-10-18(28-2)11-9-17/h8-11,16,20H,3-7,12-15H2,1-2H3. The van der Waals surface area contributed by atoms with Crippen LogP contribution in [0, 0.1) is 5.92 Å². The Labute approximate surface area is 172 Å². The van der Waals surface area contributed by atoms with Crippen LogP contribution in [0.15, 0.2) is 28.7 Å². The van der Waals surface area contributed by atoms with Gasteiger partial charge in [0.25, 0.3) is 0 Å². The number of benzene rings is 1. The van der Waals surface area contributed by atoms with Crippen molar-refractivity contribution in [3.05, 3.63) is 35.7 Å². The summed E-state index contributed by atoms with van der Waals surface area (Å²) in [5, 5.41) is 8.19. The van der Waals surface area contributed by atoms with Gasteiger partial charge in [0.1, 0.15) is 5.75 Å². The van der Waals surface area contributed by atoms with Gasteiger partial charge in [-0.15, -0.1) is 5.10 Å². The Bertz CT molecular complexity index is 806. The number of rotatable bonds is 6. The summed E-state index contributed by atoms with van der Waals surface area (Å²) in [6, 6.07) is 8.60. The fraction of sp³-hybridized carbons (Fsp3) is 0.591. The van der Waals surface area contributed by atoms with Crippen molar-refractivity contribution in [3.63, 3.8) is 0 Å². The van der Waals surface area contributed by atoms with Crippen LogP contribution < -0.4 is 9.64 Å². The number of ether oxygens (including phenoxy) is 1. The van der Waals surface area contributed by atoms with Gasteiger partial charge in [-0.3, -0.25) is 4.79 Å². The number of nitrogens with zero attached hydrogens (tertiary/aromatic N) is 4. The van der Waals surface area contributed by atoms with E-state index in [1.165, 1.54) is 12.8 Å². The Morgan fingerprint density at radius 2 is 1.83 bits per heavy atom. The van der Waals surface area contributed by atoms with E-state index in [9.17, 15) is 4.79 Å². The third kappa shape index (κ3) is 4.23. The fourth-order valence-electron chi connectivity index (χ4n) is 4.55. The molecule has 0 N–H and O–H groups in total. The van der Waals surface area contributed by atoms with E-state index in [0.717, 1.165) is 43.7 Å². The second kappa shape index (κ2) is 8.84. The van der Waals surface area contributed by atoms with Crippen molar-refractivity contribution in [1.82, 2.24) is 15.1 Å².